The molecule has 1 N–H and O–H groups in total. The Morgan fingerprint density at radius 3 is 2.48 bits per heavy atom. The Kier molecular flexibility index (Phi) is 4.62. The van der Waals surface area contributed by atoms with E-state index in [1.807, 2.05) is 18.2 Å². The standard InChI is InChI=1S/C21H24O6/c1-24-18-7-5-13(11-20(18)26-3)8-15-12-27-21(23)16(15)9-14-4-6-17(22)19(10-14)25-2/h4-7,10-11,15-16,22H,8-9,12H2,1-3H3/t15-,16+/m0/s1/i2D3. The first-order valence-electron chi connectivity index (χ1n) is 10.1. The lowest BCUT2D eigenvalue weighted by molar-refractivity contribution is -0.141. The van der Waals surface area contributed by atoms with Gasteiger partial charge in [-0.15, -0.1) is 0 Å². The Bertz CT molecular complexity index is 912. The predicted molar refractivity (Wildman–Crippen MR) is 99.6 cm³/mol. The number of esters is 1. The van der Waals surface area contributed by atoms with Gasteiger partial charge in [-0.05, 0) is 48.2 Å². The molecule has 2 atom stereocenters. The zero-order chi connectivity index (χ0) is 21.9. The fourth-order valence-electron chi connectivity index (χ4n) is 3.39. The zero-order valence-corrected chi connectivity index (χ0v) is 15.2. The molecule has 0 unspecified atom stereocenters. The molecule has 27 heavy (non-hydrogen) atoms. The van der Waals surface area contributed by atoms with Crippen LogP contribution in [0.4, 0.5) is 0 Å². The number of benzene rings is 2. The van der Waals surface area contributed by atoms with Gasteiger partial charge in [0.2, 0.25) is 0 Å². The maximum Gasteiger partial charge on any atom is 0.309 e. The molecule has 2 aromatic carbocycles. The number of phenolic OH excluding ortho intramolecular Hbond substituents is 1. The average molecular weight is 375 g/mol. The fourth-order valence-corrected chi connectivity index (χ4v) is 3.39. The molecular weight excluding hydrogens is 348 g/mol. The van der Waals surface area contributed by atoms with Gasteiger partial charge in [-0.25, -0.2) is 0 Å². The van der Waals surface area contributed by atoms with Crippen molar-refractivity contribution in [1.29, 1.82) is 0 Å². The molecule has 3 rings (SSSR count). The third kappa shape index (κ3) is 4.10. The van der Waals surface area contributed by atoms with Crippen molar-refractivity contribution in [3.8, 4) is 23.0 Å². The Balaban J connectivity index is 1.77. The van der Waals surface area contributed by atoms with Crippen LogP contribution in [0.15, 0.2) is 36.4 Å². The molecule has 0 radical (unpaired) electrons. The number of rotatable bonds is 7. The molecule has 0 bridgehead atoms. The number of hydrogen-bond donors (Lipinski definition) is 1. The van der Waals surface area contributed by atoms with Crippen LogP contribution in [-0.4, -0.2) is 38.9 Å². The minimum Gasteiger partial charge on any atom is -0.504 e. The van der Waals surface area contributed by atoms with E-state index in [0.29, 0.717) is 36.5 Å². The van der Waals surface area contributed by atoms with Crippen molar-refractivity contribution in [2.45, 2.75) is 12.8 Å². The van der Waals surface area contributed by atoms with Crippen LogP contribution in [0.2, 0.25) is 0 Å². The maximum atomic E-state index is 12.3. The minimum atomic E-state index is -2.68. The summed E-state index contributed by atoms with van der Waals surface area (Å²) in [5.41, 5.74) is 1.66. The van der Waals surface area contributed by atoms with Crippen LogP contribution in [0, 0.1) is 11.8 Å². The van der Waals surface area contributed by atoms with Crippen molar-refractivity contribution in [2.24, 2.45) is 11.8 Å². The van der Waals surface area contributed by atoms with Crippen molar-refractivity contribution < 1.29 is 33.0 Å². The van der Waals surface area contributed by atoms with E-state index >= 15 is 0 Å². The van der Waals surface area contributed by atoms with Gasteiger partial charge >= 0.3 is 5.97 Å². The molecule has 0 aliphatic carbocycles. The van der Waals surface area contributed by atoms with Gasteiger partial charge in [0, 0.05) is 5.92 Å². The molecule has 0 amide bonds. The highest BCUT2D eigenvalue weighted by atomic mass is 16.5. The van der Waals surface area contributed by atoms with Crippen molar-refractivity contribution in [3.05, 3.63) is 47.5 Å². The molecule has 144 valence electrons. The van der Waals surface area contributed by atoms with Crippen molar-refractivity contribution in [1.82, 2.24) is 0 Å². The lowest BCUT2D eigenvalue weighted by Gasteiger charge is -2.17. The van der Waals surface area contributed by atoms with Gasteiger partial charge in [0.25, 0.3) is 0 Å². The summed E-state index contributed by atoms with van der Waals surface area (Å²) in [5, 5.41) is 9.86. The summed E-state index contributed by atoms with van der Waals surface area (Å²) in [7, 11) is 0.452. The van der Waals surface area contributed by atoms with Crippen LogP contribution in [0.1, 0.15) is 15.2 Å². The van der Waals surface area contributed by atoms with E-state index in [0.717, 1.165) is 5.56 Å². The first kappa shape index (κ1) is 15.2. The molecular formula is C21H24O6. The number of carbonyl (C=O) groups excluding carboxylic acids is 1. The van der Waals surface area contributed by atoms with Gasteiger partial charge < -0.3 is 24.1 Å². The van der Waals surface area contributed by atoms with Crippen LogP contribution in [-0.2, 0) is 22.4 Å². The second-order valence-corrected chi connectivity index (χ2v) is 6.50. The number of methoxy groups -OCH3 is 3. The number of ether oxygens (including phenoxy) is 4. The molecule has 2 aromatic rings. The quantitative estimate of drug-likeness (QED) is 0.750. The van der Waals surface area contributed by atoms with E-state index in [1.165, 1.54) is 12.1 Å². The number of cyclic esters (lactones) is 1. The Hall–Kier alpha value is -2.89. The van der Waals surface area contributed by atoms with Crippen molar-refractivity contribution in [2.75, 3.05) is 27.9 Å². The Morgan fingerprint density at radius 1 is 1.04 bits per heavy atom. The van der Waals surface area contributed by atoms with E-state index < -0.39 is 13.0 Å². The summed E-state index contributed by atoms with van der Waals surface area (Å²) in [5.74, 6) is 0.0664. The first-order chi connectivity index (χ1) is 14.2. The normalized spacial score (nSPS) is 21.0. The maximum absolute atomic E-state index is 12.3. The molecule has 1 fully saturated rings. The minimum absolute atomic E-state index is 0.0589. The highest BCUT2D eigenvalue weighted by molar-refractivity contribution is 5.75. The molecule has 1 heterocycles. The summed E-state index contributed by atoms with van der Waals surface area (Å²) in [6.07, 6.45) is 0.946. The Morgan fingerprint density at radius 2 is 1.74 bits per heavy atom. The van der Waals surface area contributed by atoms with Crippen LogP contribution in [0.25, 0.3) is 0 Å². The number of aromatic hydroxyl groups is 1. The summed E-state index contributed by atoms with van der Waals surface area (Å²) < 4.78 is 42.4. The number of carbonyl (C=O) groups is 1. The molecule has 1 aliphatic heterocycles. The summed E-state index contributed by atoms with van der Waals surface area (Å²) in [4.78, 5) is 12.3. The van der Waals surface area contributed by atoms with E-state index in [2.05, 4.69) is 0 Å². The second-order valence-electron chi connectivity index (χ2n) is 6.50. The van der Waals surface area contributed by atoms with Crippen LogP contribution < -0.4 is 14.2 Å². The second kappa shape index (κ2) is 8.20. The molecule has 1 aliphatic rings. The van der Waals surface area contributed by atoms with E-state index in [4.69, 9.17) is 23.1 Å². The SMILES string of the molecule is [2H]C([2H])([2H])Oc1cc(C[C@H]2C(=O)OC[C@@H]2Cc2ccc(OC)c(OC)c2)ccc1O. The van der Waals surface area contributed by atoms with Crippen molar-refractivity contribution >= 4 is 5.97 Å². The molecule has 1 saturated heterocycles. The number of hydrogen-bond acceptors (Lipinski definition) is 6. The monoisotopic (exact) mass is 375 g/mol. The zero-order valence-electron chi connectivity index (χ0n) is 18.2. The van der Waals surface area contributed by atoms with E-state index in [9.17, 15) is 9.90 Å². The molecule has 6 heteroatoms. The summed E-state index contributed by atoms with van der Waals surface area (Å²) in [6.45, 7) is 0.300. The highest BCUT2D eigenvalue weighted by Gasteiger charge is 2.37. The summed E-state index contributed by atoms with van der Waals surface area (Å²) in [6, 6.07) is 10.1. The molecule has 0 saturated carbocycles. The lowest BCUT2D eigenvalue weighted by atomic mass is 9.85. The first-order valence-corrected chi connectivity index (χ1v) is 8.58. The van der Waals surface area contributed by atoms with Crippen LogP contribution >= 0.6 is 0 Å². The van der Waals surface area contributed by atoms with Gasteiger partial charge in [0.05, 0.1) is 37.9 Å². The van der Waals surface area contributed by atoms with Gasteiger partial charge in [-0.2, -0.15) is 0 Å². The molecule has 0 spiro atoms. The smallest absolute Gasteiger partial charge is 0.309 e. The highest BCUT2D eigenvalue weighted by Crippen LogP contribution is 2.34. The summed E-state index contributed by atoms with van der Waals surface area (Å²) >= 11 is 0. The number of phenols is 1. The third-order valence-corrected chi connectivity index (χ3v) is 4.85. The topological polar surface area (TPSA) is 74.2 Å². The van der Waals surface area contributed by atoms with Crippen LogP contribution in [0.3, 0.4) is 0 Å². The van der Waals surface area contributed by atoms with E-state index in [1.54, 1.807) is 20.3 Å². The largest absolute Gasteiger partial charge is 0.504 e. The average Bonchev–Trinajstić information content (AvgIpc) is 3.02. The van der Waals surface area contributed by atoms with Gasteiger partial charge in [0.15, 0.2) is 23.0 Å². The lowest BCUT2D eigenvalue weighted by Crippen LogP contribution is -2.20. The van der Waals surface area contributed by atoms with Gasteiger partial charge in [-0.3, -0.25) is 4.79 Å². The fraction of sp³-hybridized carbons (Fsp3) is 0.381. The third-order valence-electron chi connectivity index (χ3n) is 4.85. The Labute approximate surface area is 162 Å². The molecule has 0 aromatic heterocycles. The van der Waals surface area contributed by atoms with E-state index in [-0.39, 0.29) is 23.4 Å². The van der Waals surface area contributed by atoms with Gasteiger partial charge in [0.1, 0.15) is 0 Å². The predicted octanol–water partition coefficient (Wildman–Crippen LogP) is 2.99. The van der Waals surface area contributed by atoms with Gasteiger partial charge in [-0.1, -0.05) is 12.1 Å². The van der Waals surface area contributed by atoms with Crippen LogP contribution in [0.5, 0.6) is 23.0 Å². The molecule has 6 nitrogen and oxygen atoms in total. The van der Waals surface area contributed by atoms with Crippen molar-refractivity contribution in [3.63, 3.8) is 0 Å².